The van der Waals surface area contributed by atoms with Crippen molar-refractivity contribution in [3.8, 4) is 0 Å². The van der Waals surface area contributed by atoms with Crippen LogP contribution in [0.1, 0.15) is 33.4 Å². The van der Waals surface area contributed by atoms with Crippen LogP contribution in [0.4, 0.5) is 5.82 Å². The van der Waals surface area contributed by atoms with E-state index >= 15 is 0 Å². The van der Waals surface area contributed by atoms with Crippen molar-refractivity contribution in [1.82, 2.24) is 10.3 Å². The van der Waals surface area contributed by atoms with Gasteiger partial charge in [0, 0.05) is 26.2 Å². The average Bonchev–Trinajstić information content (AvgIpc) is 2.39. The Morgan fingerprint density at radius 2 is 2.00 bits per heavy atom. The van der Waals surface area contributed by atoms with Crippen LogP contribution in [0.3, 0.4) is 0 Å². The smallest absolute Gasteiger partial charge is 0.129 e. The van der Waals surface area contributed by atoms with Crippen molar-refractivity contribution in [1.29, 1.82) is 0 Å². The lowest BCUT2D eigenvalue weighted by Crippen LogP contribution is -2.34. The highest BCUT2D eigenvalue weighted by atomic mass is 16.5. The molecule has 0 saturated heterocycles. The molecule has 0 spiro atoms. The van der Waals surface area contributed by atoms with E-state index in [4.69, 9.17) is 9.72 Å². The molecule has 114 valence electrons. The Morgan fingerprint density at radius 1 is 1.25 bits per heavy atom. The minimum absolute atomic E-state index is 0.413. The van der Waals surface area contributed by atoms with Crippen molar-refractivity contribution >= 4 is 5.82 Å². The van der Waals surface area contributed by atoms with Gasteiger partial charge in [-0.25, -0.2) is 4.98 Å². The molecule has 0 aromatic carbocycles. The van der Waals surface area contributed by atoms with Gasteiger partial charge in [0.25, 0.3) is 0 Å². The molecule has 1 rings (SSSR count). The molecule has 0 aliphatic carbocycles. The van der Waals surface area contributed by atoms with Gasteiger partial charge in [-0.15, -0.1) is 0 Å². The average molecular weight is 279 g/mol. The molecule has 0 radical (unpaired) electrons. The highest BCUT2D eigenvalue weighted by molar-refractivity contribution is 5.40. The molecule has 4 heteroatoms. The van der Waals surface area contributed by atoms with E-state index in [0.717, 1.165) is 37.8 Å². The number of pyridine rings is 1. The lowest BCUT2D eigenvalue weighted by Gasteiger charge is -2.28. The fraction of sp³-hybridized carbons (Fsp3) is 0.688. The third-order valence-electron chi connectivity index (χ3n) is 3.10. The van der Waals surface area contributed by atoms with E-state index in [2.05, 4.69) is 56.1 Å². The monoisotopic (exact) mass is 279 g/mol. The van der Waals surface area contributed by atoms with Gasteiger partial charge in [0.15, 0.2) is 0 Å². The molecule has 0 unspecified atom stereocenters. The molecule has 0 aliphatic rings. The Labute approximate surface area is 123 Å². The maximum Gasteiger partial charge on any atom is 0.129 e. The lowest BCUT2D eigenvalue weighted by atomic mass is 10.2. The zero-order valence-electron chi connectivity index (χ0n) is 13.5. The van der Waals surface area contributed by atoms with Crippen LogP contribution in [0, 0.1) is 5.92 Å². The molecule has 1 aromatic heterocycles. The third-order valence-corrected chi connectivity index (χ3v) is 3.10. The molecule has 1 N–H and O–H groups in total. The first kappa shape index (κ1) is 16.9. The Balaban J connectivity index is 2.68. The summed E-state index contributed by atoms with van der Waals surface area (Å²) in [6, 6.07) is 6.64. The van der Waals surface area contributed by atoms with E-state index in [0.29, 0.717) is 12.0 Å². The first-order chi connectivity index (χ1) is 9.54. The third kappa shape index (κ3) is 5.88. The number of nitrogens with zero attached hydrogens (tertiary/aromatic N) is 2. The number of aromatic nitrogens is 1. The summed E-state index contributed by atoms with van der Waals surface area (Å²) in [6.07, 6.45) is 0. The maximum atomic E-state index is 5.18. The van der Waals surface area contributed by atoms with Crippen LogP contribution in [-0.2, 0) is 11.3 Å². The number of hydrogen-bond acceptors (Lipinski definition) is 4. The van der Waals surface area contributed by atoms with Gasteiger partial charge in [-0.05, 0) is 38.4 Å². The Bertz CT molecular complexity index is 380. The Kier molecular flexibility index (Phi) is 7.55. The molecule has 20 heavy (non-hydrogen) atoms. The molecule has 0 fully saturated rings. The van der Waals surface area contributed by atoms with Gasteiger partial charge >= 0.3 is 0 Å². The highest BCUT2D eigenvalue weighted by Gasteiger charge is 2.11. The summed E-state index contributed by atoms with van der Waals surface area (Å²) in [7, 11) is 1.73. The fourth-order valence-corrected chi connectivity index (χ4v) is 2.04. The van der Waals surface area contributed by atoms with E-state index in [1.54, 1.807) is 7.11 Å². The van der Waals surface area contributed by atoms with E-state index in [9.17, 15) is 0 Å². The number of ether oxygens (including phenoxy) is 1. The predicted octanol–water partition coefficient (Wildman–Crippen LogP) is 2.69. The van der Waals surface area contributed by atoms with Crippen LogP contribution in [0.2, 0.25) is 0 Å². The van der Waals surface area contributed by atoms with Crippen LogP contribution in [0.15, 0.2) is 18.2 Å². The normalized spacial score (nSPS) is 11.3. The lowest BCUT2D eigenvalue weighted by molar-refractivity contribution is 0.203. The largest absolute Gasteiger partial charge is 0.383 e. The molecule has 0 saturated carbocycles. The summed E-state index contributed by atoms with van der Waals surface area (Å²) in [5.74, 6) is 1.69. The van der Waals surface area contributed by atoms with E-state index < -0.39 is 0 Å². The van der Waals surface area contributed by atoms with E-state index in [1.807, 2.05) is 0 Å². The van der Waals surface area contributed by atoms with Crippen LogP contribution in [0.5, 0.6) is 0 Å². The molecular formula is C16H29N3O. The SMILES string of the molecule is COCCN(c1cccc(CNCC(C)C)n1)C(C)C. The molecule has 1 aromatic rings. The molecular weight excluding hydrogens is 250 g/mol. The van der Waals surface area contributed by atoms with Gasteiger partial charge in [-0.3, -0.25) is 0 Å². The van der Waals surface area contributed by atoms with Crippen molar-refractivity contribution in [3.05, 3.63) is 23.9 Å². The number of methoxy groups -OCH3 is 1. The summed E-state index contributed by atoms with van der Waals surface area (Å²) in [4.78, 5) is 7.03. The van der Waals surface area contributed by atoms with Crippen molar-refractivity contribution < 1.29 is 4.74 Å². The minimum atomic E-state index is 0.413. The number of rotatable bonds is 9. The van der Waals surface area contributed by atoms with Gasteiger partial charge in [0.05, 0.1) is 12.3 Å². The summed E-state index contributed by atoms with van der Waals surface area (Å²) < 4.78 is 5.18. The first-order valence-corrected chi connectivity index (χ1v) is 7.46. The van der Waals surface area contributed by atoms with E-state index in [1.165, 1.54) is 0 Å². The van der Waals surface area contributed by atoms with Crippen LogP contribution in [-0.4, -0.2) is 37.8 Å². The van der Waals surface area contributed by atoms with Crippen molar-refractivity contribution in [2.45, 2.75) is 40.3 Å². The quantitative estimate of drug-likeness (QED) is 0.754. The fourth-order valence-electron chi connectivity index (χ4n) is 2.04. The van der Waals surface area contributed by atoms with Gasteiger partial charge in [0.1, 0.15) is 5.82 Å². The minimum Gasteiger partial charge on any atom is -0.383 e. The summed E-state index contributed by atoms with van der Waals surface area (Å²) in [5, 5.41) is 3.43. The van der Waals surface area contributed by atoms with Gasteiger partial charge in [-0.1, -0.05) is 19.9 Å². The van der Waals surface area contributed by atoms with Crippen LogP contribution >= 0.6 is 0 Å². The van der Waals surface area contributed by atoms with Crippen molar-refractivity contribution in [2.24, 2.45) is 5.92 Å². The number of hydrogen-bond donors (Lipinski definition) is 1. The summed E-state index contributed by atoms with van der Waals surface area (Å²) in [5.41, 5.74) is 1.09. The van der Waals surface area contributed by atoms with Gasteiger partial charge in [-0.2, -0.15) is 0 Å². The molecule has 0 amide bonds. The second-order valence-corrected chi connectivity index (χ2v) is 5.79. The second kappa shape index (κ2) is 8.93. The zero-order valence-corrected chi connectivity index (χ0v) is 13.5. The molecule has 0 aliphatic heterocycles. The highest BCUT2D eigenvalue weighted by Crippen LogP contribution is 2.14. The predicted molar refractivity (Wildman–Crippen MR) is 85.1 cm³/mol. The first-order valence-electron chi connectivity index (χ1n) is 7.46. The molecule has 0 bridgehead atoms. The van der Waals surface area contributed by atoms with Gasteiger partial charge < -0.3 is 15.0 Å². The summed E-state index contributed by atoms with van der Waals surface area (Å²) >= 11 is 0. The van der Waals surface area contributed by atoms with E-state index in [-0.39, 0.29) is 0 Å². The Hall–Kier alpha value is -1.13. The topological polar surface area (TPSA) is 37.4 Å². The standard InChI is InChI=1S/C16H29N3O/c1-13(2)11-17-12-15-7-6-8-16(18-15)19(14(3)4)9-10-20-5/h6-8,13-14,17H,9-12H2,1-5H3. The van der Waals surface area contributed by atoms with Crippen LogP contribution in [0.25, 0.3) is 0 Å². The van der Waals surface area contributed by atoms with Crippen molar-refractivity contribution in [2.75, 3.05) is 31.7 Å². The molecule has 4 nitrogen and oxygen atoms in total. The molecule has 1 heterocycles. The number of anilines is 1. The second-order valence-electron chi connectivity index (χ2n) is 5.79. The Morgan fingerprint density at radius 3 is 2.60 bits per heavy atom. The summed E-state index contributed by atoms with van der Waals surface area (Å²) in [6.45, 7) is 12.2. The zero-order chi connectivity index (χ0) is 15.0. The van der Waals surface area contributed by atoms with Crippen LogP contribution < -0.4 is 10.2 Å². The molecule has 0 atom stereocenters. The number of nitrogens with one attached hydrogen (secondary N) is 1. The van der Waals surface area contributed by atoms with Crippen molar-refractivity contribution in [3.63, 3.8) is 0 Å². The maximum absolute atomic E-state index is 5.18. The van der Waals surface area contributed by atoms with Gasteiger partial charge in [0.2, 0.25) is 0 Å².